The fourth-order valence-electron chi connectivity index (χ4n) is 2.11. The molecule has 2 heterocycles. The number of hydrogen-bond donors (Lipinski definition) is 2. The van der Waals surface area contributed by atoms with Crippen LogP contribution in [0.4, 0.5) is 10.6 Å². The number of aryl methyl sites for hydroxylation is 1. The first-order chi connectivity index (χ1) is 10.6. The number of benzene rings is 1. The zero-order chi connectivity index (χ0) is 15.7. The molecule has 112 valence electrons. The summed E-state index contributed by atoms with van der Waals surface area (Å²) >= 11 is 0. The Bertz CT molecular complexity index is 821. The summed E-state index contributed by atoms with van der Waals surface area (Å²) in [5, 5.41) is 14.8. The van der Waals surface area contributed by atoms with Crippen molar-refractivity contribution in [2.75, 3.05) is 5.32 Å². The number of hydrogen-bond acceptors (Lipinski definition) is 5. The van der Waals surface area contributed by atoms with E-state index < -0.39 is 6.03 Å². The Labute approximate surface area is 126 Å². The van der Waals surface area contributed by atoms with E-state index in [0.29, 0.717) is 23.0 Å². The van der Waals surface area contributed by atoms with Crippen LogP contribution in [-0.2, 0) is 0 Å². The lowest BCUT2D eigenvalue weighted by Gasteiger charge is -2.07. The molecular weight excluding hydrogens is 284 g/mol. The van der Waals surface area contributed by atoms with Crippen molar-refractivity contribution >= 4 is 11.8 Å². The van der Waals surface area contributed by atoms with Crippen LogP contribution in [0.15, 0.2) is 34.7 Å². The Morgan fingerprint density at radius 3 is 2.55 bits per heavy atom. The normalized spacial score (nSPS) is 10.6. The summed E-state index contributed by atoms with van der Waals surface area (Å²) in [4.78, 5) is 11.3. The Morgan fingerprint density at radius 1 is 1.23 bits per heavy atom. The molecule has 0 spiro atoms. The van der Waals surface area contributed by atoms with Crippen molar-refractivity contribution in [3.63, 3.8) is 0 Å². The Morgan fingerprint density at radius 2 is 1.95 bits per heavy atom. The van der Waals surface area contributed by atoms with E-state index in [4.69, 9.17) is 10.2 Å². The molecule has 22 heavy (non-hydrogen) atoms. The SMILES string of the molecule is Cc1nnc(-c2nn(-c3ccccc3)c(NC(N)=O)c2C)o1. The summed E-state index contributed by atoms with van der Waals surface area (Å²) < 4.78 is 7.00. The van der Waals surface area contributed by atoms with Crippen LogP contribution in [0, 0.1) is 13.8 Å². The molecule has 2 aromatic heterocycles. The van der Waals surface area contributed by atoms with Crippen LogP contribution in [0.25, 0.3) is 17.3 Å². The number of carbonyl (C=O) groups is 1. The maximum absolute atomic E-state index is 11.3. The molecule has 0 aliphatic carbocycles. The minimum Gasteiger partial charge on any atom is -0.420 e. The number of carbonyl (C=O) groups excluding carboxylic acids is 1. The molecule has 3 N–H and O–H groups in total. The van der Waals surface area contributed by atoms with Crippen LogP contribution in [0.3, 0.4) is 0 Å². The van der Waals surface area contributed by atoms with E-state index in [-0.39, 0.29) is 5.89 Å². The van der Waals surface area contributed by atoms with Gasteiger partial charge in [-0.3, -0.25) is 5.32 Å². The summed E-state index contributed by atoms with van der Waals surface area (Å²) in [7, 11) is 0. The topological polar surface area (TPSA) is 112 Å². The average Bonchev–Trinajstić information content (AvgIpc) is 3.05. The molecule has 0 unspecified atom stereocenters. The number of nitrogens with zero attached hydrogens (tertiary/aromatic N) is 4. The van der Waals surface area contributed by atoms with Crippen LogP contribution >= 0.6 is 0 Å². The van der Waals surface area contributed by atoms with Gasteiger partial charge in [0.15, 0.2) is 5.69 Å². The smallest absolute Gasteiger partial charge is 0.317 e. The number of urea groups is 1. The third-order valence-electron chi connectivity index (χ3n) is 3.09. The highest BCUT2D eigenvalue weighted by Crippen LogP contribution is 2.29. The molecule has 2 amide bonds. The van der Waals surface area contributed by atoms with Gasteiger partial charge < -0.3 is 10.2 Å². The molecule has 0 aliphatic heterocycles. The molecular formula is C14H14N6O2. The molecule has 8 heteroatoms. The van der Waals surface area contributed by atoms with Gasteiger partial charge in [0.25, 0.3) is 5.89 Å². The van der Waals surface area contributed by atoms with Crippen LogP contribution in [-0.4, -0.2) is 26.0 Å². The number of nitrogens with two attached hydrogens (primary N) is 1. The second kappa shape index (κ2) is 5.32. The quantitative estimate of drug-likeness (QED) is 0.768. The van der Waals surface area contributed by atoms with Crippen molar-refractivity contribution < 1.29 is 9.21 Å². The van der Waals surface area contributed by atoms with Crippen LogP contribution in [0.2, 0.25) is 0 Å². The first-order valence-electron chi connectivity index (χ1n) is 6.58. The monoisotopic (exact) mass is 298 g/mol. The number of amides is 2. The number of primary amides is 1. The predicted octanol–water partition coefficient (Wildman–Crippen LogP) is 2.03. The molecule has 0 atom stereocenters. The van der Waals surface area contributed by atoms with Crippen molar-refractivity contribution in [1.29, 1.82) is 0 Å². The highest BCUT2D eigenvalue weighted by Gasteiger charge is 2.21. The first kappa shape index (κ1) is 13.8. The van der Waals surface area contributed by atoms with E-state index in [1.165, 1.54) is 0 Å². The second-order valence-electron chi connectivity index (χ2n) is 4.69. The molecule has 3 aromatic rings. The summed E-state index contributed by atoms with van der Waals surface area (Å²) in [6.07, 6.45) is 0. The van der Waals surface area contributed by atoms with E-state index in [2.05, 4.69) is 20.6 Å². The van der Waals surface area contributed by atoms with Crippen LogP contribution in [0.5, 0.6) is 0 Å². The first-order valence-corrected chi connectivity index (χ1v) is 6.58. The third kappa shape index (κ3) is 2.41. The summed E-state index contributed by atoms with van der Waals surface area (Å²) in [5.74, 6) is 1.19. The van der Waals surface area contributed by atoms with E-state index in [1.54, 1.807) is 18.5 Å². The van der Waals surface area contributed by atoms with E-state index in [1.807, 2.05) is 30.3 Å². The average molecular weight is 298 g/mol. The minimum absolute atomic E-state index is 0.289. The summed E-state index contributed by atoms with van der Waals surface area (Å²) in [5.41, 5.74) is 7.20. The summed E-state index contributed by atoms with van der Waals surface area (Å²) in [6.45, 7) is 3.50. The van der Waals surface area contributed by atoms with Gasteiger partial charge in [0, 0.05) is 12.5 Å². The van der Waals surface area contributed by atoms with Crippen LogP contribution in [0.1, 0.15) is 11.5 Å². The number of nitrogens with one attached hydrogen (secondary N) is 1. The third-order valence-corrected chi connectivity index (χ3v) is 3.09. The highest BCUT2D eigenvalue weighted by atomic mass is 16.4. The van der Waals surface area contributed by atoms with Crippen molar-refractivity contribution in [2.45, 2.75) is 13.8 Å². The number of para-hydroxylation sites is 1. The molecule has 0 saturated carbocycles. The number of rotatable bonds is 3. The number of anilines is 1. The minimum atomic E-state index is -0.673. The Balaban J connectivity index is 2.18. The highest BCUT2D eigenvalue weighted by molar-refractivity contribution is 5.89. The van der Waals surface area contributed by atoms with Gasteiger partial charge in [-0.25, -0.2) is 9.48 Å². The largest absolute Gasteiger partial charge is 0.420 e. The molecule has 0 aliphatic rings. The standard InChI is InChI=1S/C14H14N6O2/c1-8-11(13-18-17-9(2)22-13)19-20(12(8)16-14(15)21)10-6-4-3-5-7-10/h3-7H,1-2H3,(H3,15,16,21). The van der Waals surface area contributed by atoms with Gasteiger partial charge in [-0.2, -0.15) is 5.10 Å². The maximum Gasteiger partial charge on any atom is 0.317 e. The Kier molecular flexibility index (Phi) is 3.34. The second-order valence-corrected chi connectivity index (χ2v) is 4.69. The molecule has 3 rings (SSSR count). The zero-order valence-electron chi connectivity index (χ0n) is 12.1. The lowest BCUT2D eigenvalue weighted by atomic mass is 10.2. The van der Waals surface area contributed by atoms with Crippen LogP contribution < -0.4 is 11.1 Å². The van der Waals surface area contributed by atoms with Gasteiger partial charge in [0.1, 0.15) is 5.82 Å². The predicted molar refractivity (Wildman–Crippen MR) is 79.5 cm³/mol. The van der Waals surface area contributed by atoms with Gasteiger partial charge in [-0.05, 0) is 19.1 Å². The zero-order valence-corrected chi connectivity index (χ0v) is 12.1. The van der Waals surface area contributed by atoms with Gasteiger partial charge in [0.2, 0.25) is 5.89 Å². The van der Waals surface area contributed by atoms with E-state index in [0.717, 1.165) is 5.69 Å². The van der Waals surface area contributed by atoms with Gasteiger partial charge in [-0.1, -0.05) is 18.2 Å². The van der Waals surface area contributed by atoms with Crippen molar-refractivity contribution in [3.8, 4) is 17.3 Å². The Hall–Kier alpha value is -3.16. The molecule has 0 fully saturated rings. The maximum atomic E-state index is 11.3. The molecule has 1 aromatic carbocycles. The van der Waals surface area contributed by atoms with Crippen molar-refractivity contribution in [1.82, 2.24) is 20.0 Å². The molecule has 0 saturated heterocycles. The summed E-state index contributed by atoms with van der Waals surface area (Å²) in [6, 6.07) is 8.69. The fraction of sp³-hybridized carbons (Fsp3) is 0.143. The fourth-order valence-corrected chi connectivity index (χ4v) is 2.11. The van der Waals surface area contributed by atoms with Gasteiger partial charge in [0.05, 0.1) is 5.69 Å². The molecule has 8 nitrogen and oxygen atoms in total. The number of aromatic nitrogens is 4. The lowest BCUT2D eigenvalue weighted by molar-refractivity contribution is 0.259. The molecule has 0 bridgehead atoms. The molecule has 0 radical (unpaired) electrons. The van der Waals surface area contributed by atoms with Gasteiger partial charge in [-0.15, -0.1) is 10.2 Å². The van der Waals surface area contributed by atoms with Crippen molar-refractivity contribution in [2.24, 2.45) is 5.73 Å². The van der Waals surface area contributed by atoms with E-state index in [9.17, 15) is 4.79 Å². The van der Waals surface area contributed by atoms with Gasteiger partial charge >= 0.3 is 6.03 Å². The van der Waals surface area contributed by atoms with E-state index >= 15 is 0 Å². The van der Waals surface area contributed by atoms with Crippen molar-refractivity contribution in [3.05, 3.63) is 41.8 Å². The lowest BCUT2D eigenvalue weighted by Crippen LogP contribution is -2.21.